The highest BCUT2D eigenvalue weighted by Gasteiger charge is 2.43. The summed E-state index contributed by atoms with van der Waals surface area (Å²) in [5.74, 6) is -1.33. The van der Waals surface area contributed by atoms with Gasteiger partial charge in [0.05, 0.1) is 11.2 Å². The predicted octanol–water partition coefficient (Wildman–Crippen LogP) is 1.66. The summed E-state index contributed by atoms with van der Waals surface area (Å²) in [5, 5.41) is -0.666. The quantitative estimate of drug-likeness (QED) is 0.804. The zero-order valence-electron chi connectivity index (χ0n) is 8.34. The molecule has 90 valence electrons. The van der Waals surface area contributed by atoms with E-state index in [0.717, 1.165) is 0 Å². The van der Waals surface area contributed by atoms with E-state index in [1.807, 2.05) is 0 Å². The van der Waals surface area contributed by atoms with Crippen molar-refractivity contribution < 1.29 is 21.6 Å². The first-order valence-electron chi connectivity index (χ1n) is 4.76. The molecule has 3 nitrogen and oxygen atoms in total. The van der Waals surface area contributed by atoms with Crippen LogP contribution in [0.2, 0.25) is 0 Å². The van der Waals surface area contributed by atoms with Crippen LogP contribution in [0.3, 0.4) is 0 Å². The Hall–Kier alpha value is -0.300. The van der Waals surface area contributed by atoms with Crippen LogP contribution in [0, 0.1) is 5.92 Å². The second kappa shape index (κ2) is 4.29. The number of sulfonamides is 1. The van der Waals surface area contributed by atoms with Gasteiger partial charge in [-0.25, -0.2) is 13.1 Å². The molecule has 15 heavy (non-hydrogen) atoms. The molecule has 0 atom stereocenters. The molecule has 0 unspecified atom stereocenters. The summed E-state index contributed by atoms with van der Waals surface area (Å²) >= 11 is 0. The van der Waals surface area contributed by atoms with Crippen molar-refractivity contribution in [3.63, 3.8) is 0 Å². The summed E-state index contributed by atoms with van der Waals surface area (Å²) in [6.07, 6.45) is -4.18. The summed E-state index contributed by atoms with van der Waals surface area (Å²) in [4.78, 5) is 0. The van der Waals surface area contributed by atoms with Crippen molar-refractivity contribution in [3.05, 3.63) is 0 Å². The van der Waals surface area contributed by atoms with Gasteiger partial charge in [0.2, 0.25) is 10.0 Å². The average Bonchev–Trinajstić information content (AvgIpc) is 2.17. The molecule has 0 saturated heterocycles. The highest BCUT2D eigenvalue weighted by Crippen LogP contribution is 2.38. The fourth-order valence-corrected chi connectivity index (χ4v) is 3.09. The third-order valence-corrected chi connectivity index (χ3v) is 4.78. The zero-order valence-corrected chi connectivity index (χ0v) is 9.16. The lowest BCUT2D eigenvalue weighted by Gasteiger charge is -2.29. The molecule has 1 rings (SSSR count). The molecule has 7 heteroatoms. The van der Waals surface area contributed by atoms with Gasteiger partial charge in [0.25, 0.3) is 0 Å². The van der Waals surface area contributed by atoms with E-state index in [1.165, 1.54) is 7.05 Å². The van der Waals surface area contributed by atoms with Gasteiger partial charge in [-0.1, -0.05) is 0 Å². The zero-order chi connectivity index (χ0) is 11.7. The van der Waals surface area contributed by atoms with E-state index < -0.39 is 27.4 Å². The molecule has 0 aromatic heterocycles. The van der Waals surface area contributed by atoms with Gasteiger partial charge in [-0.05, 0) is 32.7 Å². The van der Waals surface area contributed by atoms with Gasteiger partial charge in [0, 0.05) is 0 Å². The predicted molar refractivity (Wildman–Crippen MR) is 49.8 cm³/mol. The monoisotopic (exact) mass is 245 g/mol. The molecule has 0 radical (unpaired) electrons. The van der Waals surface area contributed by atoms with Gasteiger partial charge < -0.3 is 0 Å². The molecule has 1 fully saturated rings. The maximum atomic E-state index is 12.3. The van der Waals surface area contributed by atoms with Gasteiger partial charge in [-0.15, -0.1) is 0 Å². The van der Waals surface area contributed by atoms with Crippen molar-refractivity contribution in [3.8, 4) is 0 Å². The largest absolute Gasteiger partial charge is 0.391 e. The Morgan fingerprint density at radius 2 is 1.60 bits per heavy atom. The molecule has 0 aliphatic heterocycles. The van der Waals surface area contributed by atoms with Crippen molar-refractivity contribution in [2.24, 2.45) is 5.92 Å². The van der Waals surface area contributed by atoms with Crippen LogP contribution in [0.4, 0.5) is 13.2 Å². The highest BCUT2D eigenvalue weighted by molar-refractivity contribution is 7.90. The Morgan fingerprint density at radius 3 is 1.93 bits per heavy atom. The van der Waals surface area contributed by atoms with Crippen LogP contribution < -0.4 is 4.72 Å². The molecule has 0 heterocycles. The average molecular weight is 245 g/mol. The van der Waals surface area contributed by atoms with E-state index in [1.54, 1.807) is 0 Å². The van der Waals surface area contributed by atoms with Crippen LogP contribution in [-0.2, 0) is 10.0 Å². The number of halogens is 3. The van der Waals surface area contributed by atoms with E-state index in [-0.39, 0.29) is 25.7 Å². The van der Waals surface area contributed by atoms with Crippen LogP contribution in [-0.4, -0.2) is 26.9 Å². The standard InChI is InChI=1S/C8H14F3NO2S/c1-12-15(13,14)7-4-2-6(3-5-7)8(9,10)11/h6-7,12H,2-5H2,1H3. The molecule has 1 aliphatic rings. The fourth-order valence-electron chi connectivity index (χ4n) is 1.87. The maximum absolute atomic E-state index is 12.3. The van der Waals surface area contributed by atoms with E-state index >= 15 is 0 Å². The van der Waals surface area contributed by atoms with E-state index in [2.05, 4.69) is 4.72 Å². The second-order valence-electron chi connectivity index (χ2n) is 3.76. The molecule has 1 N–H and O–H groups in total. The number of rotatable bonds is 2. The number of hydrogen-bond donors (Lipinski definition) is 1. The van der Waals surface area contributed by atoms with E-state index in [0.29, 0.717) is 0 Å². The van der Waals surface area contributed by atoms with E-state index in [4.69, 9.17) is 0 Å². The molecule has 0 amide bonds. The van der Waals surface area contributed by atoms with E-state index in [9.17, 15) is 21.6 Å². The Labute approximate surface area is 87.1 Å². The van der Waals surface area contributed by atoms with Gasteiger partial charge >= 0.3 is 6.18 Å². The fraction of sp³-hybridized carbons (Fsp3) is 1.00. The minimum absolute atomic E-state index is 0.0882. The Morgan fingerprint density at radius 1 is 1.13 bits per heavy atom. The minimum atomic E-state index is -4.19. The smallest absolute Gasteiger partial charge is 0.218 e. The molecule has 1 saturated carbocycles. The number of hydrogen-bond acceptors (Lipinski definition) is 2. The molecule has 1 aliphatic carbocycles. The van der Waals surface area contributed by atoms with Crippen LogP contribution >= 0.6 is 0 Å². The number of alkyl halides is 3. The third kappa shape index (κ3) is 3.07. The van der Waals surface area contributed by atoms with Gasteiger partial charge in [-0.3, -0.25) is 0 Å². The van der Waals surface area contributed by atoms with Crippen LogP contribution in [0.1, 0.15) is 25.7 Å². The first-order valence-corrected chi connectivity index (χ1v) is 6.31. The summed E-state index contributed by atoms with van der Waals surface area (Å²) in [6, 6.07) is 0. The van der Waals surface area contributed by atoms with Crippen molar-refractivity contribution >= 4 is 10.0 Å². The Bertz CT molecular complexity index is 304. The summed E-state index contributed by atoms with van der Waals surface area (Å²) in [6.45, 7) is 0. The normalized spacial score (nSPS) is 29.1. The van der Waals surface area contributed by atoms with Crippen molar-refractivity contribution in [2.75, 3.05) is 7.05 Å². The first-order chi connectivity index (χ1) is 6.77. The maximum Gasteiger partial charge on any atom is 0.391 e. The van der Waals surface area contributed by atoms with Gasteiger partial charge in [-0.2, -0.15) is 13.2 Å². The highest BCUT2D eigenvalue weighted by atomic mass is 32.2. The lowest BCUT2D eigenvalue weighted by atomic mass is 9.88. The Kier molecular flexibility index (Phi) is 3.65. The van der Waals surface area contributed by atoms with Crippen molar-refractivity contribution in [1.82, 2.24) is 4.72 Å². The first kappa shape index (κ1) is 12.8. The van der Waals surface area contributed by atoms with Crippen LogP contribution in [0.25, 0.3) is 0 Å². The van der Waals surface area contributed by atoms with Gasteiger partial charge in [0.15, 0.2) is 0 Å². The lowest BCUT2D eigenvalue weighted by Crippen LogP contribution is -2.37. The van der Waals surface area contributed by atoms with Crippen molar-refractivity contribution in [2.45, 2.75) is 37.1 Å². The third-order valence-electron chi connectivity index (χ3n) is 2.86. The minimum Gasteiger partial charge on any atom is -0.218 e. The molecule has 0 bridgehead atoms. The van der Waals surface area contributed by atoms with Gasteiger partial charge in [0.1, 0.15) is 0 Å². The van der Waals surface area contributed by atoms with Crippen LogP contribution in [0.15, 0.2) is 0 Å². The summed E-state index contributed by atoms with van der Waals surface area (Å²) in [7, 11) is -2.12. The molecule has 0 aromatic carbocycles. The summed E-state index contributed by atoms with van der Waals surface area (Å²) < 4.78 is 61.6. The Balaban J connectivity index is 2.57. The number of nitrogens with one attached hydrogen (secondary N) is 1. The SMILES string of the molecule is CNS(=O)(=O)C1CCC(C(F)(F)F)CC1. The van der Waals surface area contributed by atoms with Crippen LogP contribution in [0.5, 0.6) is 0 Å². The molecular weight excluding hydrogens is 231 g/mol. The molecular formula is C8H14F3NO2S. The second-order valence-corrected chi connectivity index (χ2v) is 5.93. The molecule has 0 spiro atoms. The lowest BCUT2D eigenvalue weighted by molar-refractivity contribution is -0.181. The molecule has 0 aromatic rings. The topological polar surface area (TPSA) is 46.2 Å². The summed E-state index contributed by atoms with van der Waals surface area (Å²) in [5.41, 5.74) is 0. The van der Waals surface area contributed by atoms with Crippen molar-refractivity contribution in [1.29, 1.82) is 0 Å².